The van der Waals surface area contributed by atoms with Gasteiger partial charge in [0.15, 0.2) is 0 Å². The van der Waals surface area contributed by atoms with Crippen LogP contribution in [0.4, 0.5) is 4.39 Å². The average Bonchev–Trinajstić information content (AvgIpc) is 2.34. The molecule has 92 valence electrons. The molecule has 1 nitrogen and oxygen atoms in total. The highest BCUT2D eigenvalue weighted by molar-refractivity contribution is 14.1. The third-order valence-electron chi connectivity index (χ3n) is 2.31. The van der Waals surface area contributed by atoms with Crippen molar-refractivity contribution in [3.63, 3.8) is 0 Å². The van der Waals surface area contributed by atoms with Gasteiger partial charge in [-0.25, -0.2) is 4.39 Å². The molecule has 0 atom stereocenters. The minimum absolute atomic E-state index is 0.0581. The molecule has 0 aliphatic carbocycles. The van der Waals surface area contributed by atoms with Crippen LogP contribution in [0, 0.1) is 12.7 Å². The van der Waals surface area contributed by atoms with Gasteiger partial charge in [0.2, 0.25) is 0 Å². The molecule has 1 aromatic rings. The number of aryl methyl sites for hydroxylation is 1. The van der Waals surface area contributed by atoms with E-state index in [-0.39, 0.29) is 5.82 Å². The van der Waals surface area contributed by atoms with Crippen molar-refractivity contribution in [1.29, 1.82) is 0 Å². The van der Waals surface area contributed by atoms with E-state index in [1.165, 1.54) is 5.56 Å². The Balaban J connectivity index is 0.000000509. The van der Waals surface area contributed by atoms with E-state index in [0.29, 0.717) is 6.54 Å². The van der Waals surface area contributed by atoms with Gasteiger partial charge in [0, 0.05) is 12.1 Å². The van der Waals surface area contributed by atoms with E-state index in [1.807, 2.05) is 25.7 Å². The number of rotatable bonds is 0. The molecule has 0 amide bonds. The lowest BCUT2D eigenvalue weighted by Crippen LogP contribution is -2.24. The molecular formula is C13H21FIN. The van der Waals surface area contributed by atoms with Crippen LogP contribution in [-0.4, -0.2) is 11.5 Å². The molecule has 0 bridgehead atoms. The van der Waals surface area contributed by atoms with Gasteiger partial charge in [-0.2, -0.15) is 0 Å². The van der Waals surface area contributed by atoms with E-state index in [0.717, 1.165) is 24.1 Å². The first kappa shape index (κ1) is 15.8. The Kier molecular flexibility index (Phi) is 8.84. The highest BCUT2D eigenvalue weighted by Crippen LogP contribution is 2.19. The molecule has 3 heteroatoms. The highest BCUT2D eigenvalue weighted by atomic mass is 127. The normalized spacial score (nSPS) is 12.6. The summed E-state index contributed by atoms with van der Waals surface area (Å²) in [6.07, 6.45) is 0.952. The molecule has 1 heterocycles. The summed E-state index contributed by atoms with van der Waals surface area (Å²) in [4.78, 5) is 1.97. The van der Waals surface area contributed by atoms with Gasteiger partial charge in [-0.3, -0.25) is 0 Å². The van der Waals surface area contributed by atoms with Gasteiger partial charge in [-0.1, -0.05) is 42.5 Å². The fraction of sp³-hybridized carbons (Fsp3) is 0.538. The SMILES string of the molecule is CC.CI.Cc1cc(F)c2c(c1)CCNC2. The third-order valence-corrected chi connectivity index (χ3v) is 2.31. The zero-order chi connectivity index (χ0) is 12.6. The lowest BCUT2D eigenvalue weighted by atomic mass is 9.98. The van der Waals surface area contributed by atoms with Crippen molar-refractivity contribution >= 4 is 22.6 Å². The molecule has 0 radical (unpaired) electrons. The Labute approximate surface area is 112 Å². The lowest BCUT2D eigenvalue weighted by molar-refractivity contribution is 0.562. The Morgan fingerprint density at radius 1 is 1.25 bits per heavy atom. The van der Waals surface area contributed by atoms with Crippen LogP contribution in [0.1, 0.15) is 30.5 Å². The van der Waals surface area contributed by atoms with Gasteiger partial charge in [-0.15, -0.1) is 0 Å². The Hall–Kier alpha value is -0.160. The Bertz CT molecular complexity index is 313. The van der Waals surface area contributed by atoms with Crippen LogP contribution in [0.25, 0.3) is 0 Å². The summed E-state index contributed by atoms with van der Waals surface area (Å²) in [7, 11) is 0. The summed E-state index contributed by atoms with van der Waals surface area (Å²) >= 11 is 2.15. The lowest BCUT2D eigenvalue weighted by Gasteiger charge is -2.17. The second-order valence-electron chi connectivity index (χ2n) is 3.31. The Morgan fingerprint density at radius 3 is 2.50 bits per heavy atom. The van der Waals surface area contributed by atoms with Gasteiger partial charge in [-0.05, 0) is 42.0 Å². The third kappa shape index (κ3) is 4.37. The molecule has 0 saturated heterocycles. The van der Waals surface area contributed by atoms with Crippen LogP contribution in [0.3, 0.4) is 0 Å². The van der Waals surface area contributed by atoms with E-state index in [9.17, 15) is 4.39 Å². The number of hydrogen-bond donors (Lipinski definition) is 1. The summed E-state index contributed by atoms with van der Waals surface area (Å²) in [6, 6.07) is 3.69. The quantitative estimate of drug-likeness (QED) is 0.560. The monoisotopic (exact) mass is 337 g/mol. The second kappa shape index (κ2) is 8.93. The van der Waals surface area contributed by atoms with E-state index < -0.39 is 0 Å². The molecule has 0 fully saturated rings. The molecule has 16 heavy (non-hydrogen) atoms. The van der Waals surface area contributed by atoms with Crippen LogP contribution in [0.2, 0.25) is 0 Å². The van der Waals surface area contributed by atoms with Crippen molar-refractivity contribution in [2.75, 3.05) is 11.5 Å². The average molecular weight is 337 g/mol. The zero-order valence-corrected chi connectivity index (χ0v) is 12.7. The van der Waals surface area contributed by atoms with Crippen molar-refractivity contribution in [3.05, 3.63) is 34.6 Å². The molecule has 1 N–H and O–H groups in total. The van der Waals surface area contributed by atoms with Crippen LogP contribution in [0.15, 0.2) is 12.1 Å². The summed E-state index contributed by atoms with van der Waals surface area (Å²) in [6.45, 7) is 7.59. The maximum atomic E-state index is 13.3. The molecule has 0 unspecified atom stereocenters. The van der Waals surface area contributed by atoms with Crippen molar-refractivity contribution in [2.24, 2.45) is 0 Å². The number of halogens is 2. The standard InChI is InChI=1S/C10H12FN.C2H6.CH3I/c1-7-4-8-2-3-12-6-9(8)10(11)5-7;2*1-2/h4-5,12H,2-3,6H2,1H3;1-2H3;1H3. The first-order chi connectivity index (χ1) is 7.77. The minimum Gasteiger partial charge on any atom is -0.312 e. The molecule has 2 rings (SSSR count). The second-order valence-corrected chi connectivity index (χ2v) is 3.31. The summed E-state index contributed by atoms with van der Waals surface area (Å²) in [5.41, 5.74) is 3.05. The van der Waals surface area contributed by atoms with Gasteiger partial charge < -0.3 is 5.32 Å². The van der Waals surface area contributed by atoms with Gasteiger partial charge in [0.1, 0.15) is 5.82 Å². The fourth-order valence-corrected chi connectivity index (χ4v) is 1.70. The van der Waals surface area contributed by atoms with Crippen LogP contribution in [-0.2, 0) is 13.0 Å². The molecule has 0 aromatic heterocycles. The van der Waals surface area contributed by atoms with Crippen LogP contribution in [0.5, 0.6) is 0 Å². The number of benzene rings is 1. The summed E-state index contributed by atoms with van der Waals surface area (Å²) in [5, 5.41) is 3.16. The molecule has 0 saturated carbocycles. The van der Waals surface area contributed by atoms with E-state index in [4.69, 9.17) is 0 Å². The minimum atomic E-state index is -0.0581. The van der Waals surface area contributed by atoms with Gasteiger partial charge >= 0.3 is 0 Å². The predicted molar refractivity (Wildman–Crippen MR) is 77.8 cm³/mol. The van der Waals surface area contributed by atoms with Crippen molar-refractivity contribution in [2.45, 2.75) is 33.7 Å². The van der Waals surface area contributed by atoms with E-state index in [2.05, 4.69) is 34.0 Å². The topological polar surface area (TPSA) is 12.0 Å². The van der Waals surface area contributed by atoms with Crippen molar-refractivity contribution < 1.29 is 4.39 Å². The zero-order valence-electron chi connectivity index (χ0n) is 10.5. The van der Waals surface area contributed by atoms with E-state index in [1.54, 1.807) is 6.07 Å². The molecule has 1 aromatic carbocycles. The molecule has 0 spiro atoms. The molecule has 1 aliphatic heterocycles. The predicted octanol–water partition coefficient (Wildman–Crippen LogP) is 3.86. The number of alkyl halides is 1. The van der Waals surface area contributed by atoms with Crippen LogP contribution >= 0.6 is 22.6 Å². The van der Waals surface area contributed by atoms with Crippen molar-refractivity contribution in [3.8, 4) is 0 Å². The van der Waals surface area contributed by atoms with Gasteiger partial charge in [0.05, 0.1) is 0 Å². The number of fused-ring (bicyclic) bond motifs is 1. The Morgan fingerprint density at radius 2 is 1.88 bits per heavy atom. The van der Waals surface area contributed by atoms with Crippen LogP contribution < -0.4 is 5.32 Å². The fourth-order valence-electron chi connectivity index (χ4n) is 1.70. The summed E-state index contributed by atoms with van der Waals surface area (Å²) < 4.78 is 13.3. The van der Waals surface area contributed by atoms with E-state index >= 15 is 0 Å². The molecule has 1 aliphatic rings. The summed E-state index contributed by atoms with van der Waals surface area (Å²) in [5.74, 6) is -0.0581. The van der Waals surface area contributed by atoms with Gasteiger partial charge in [0.25, 0.3) is 0 Å². The number of nitrogens with one attached hydrogen (secondary N) is 1. The largest absolute Gasteiger partial charge is 0.312 e. The maximum absolute atomic E-state index is 13.3. The van der Waals surface area contributed by atoms with Crippen molar-refractivity contribution in [1.82, 2.24) is 5.32 Å². The maximum Gasteiger partial charge on any atom is 0.128 e. The first-order valence-corrected chi connectivity index (χ1v) is 7.79. The highest BCUT2D eigenvalue weighted by Gasteiger charge is 2.12. The number of hydrogen-bond acceptors (Lipinski definition) is 1. The molecular weight excluding hydrogens is 316 g/mol. The smallest absolute Gasteiger partial charge is 0.128 e. The first-order valence-electron chi connectivity index (χ1n) is 5.64.